The molecule has 6 nitrogen and oxygen atoms in total. The van der Waals surface area contributed by atoms with Crippen LogP contribution in [0.1, 0.15) is 11.1 Å². The van der Waals surface area contributed by atoms with Crippen molar-refractivity contribution in [2.75, 3.05) is 7.05 Å². The molecular weight excluding hydrogens is 352 g/mol. The highest BCUT2D eigenvalue weighted by Gasteiger charge is 2.31. The van der Waals surface area contributed by atoms with Gasteiger partial charge in [-0.05, 0) is 34.7 Å². The van der Waals surface area contributed by atoms with Gasteiger partial charge in [0.25, 0.3) is 5.24 Å². The zero-order valence-corrected chi connectivity index (χ0v) is 15.0. The van der Waals surface area contributed by atoms with E-state index in [0.29, 0.717) is 6.42 Å². The lowest BCUT2D eigenvalue weighted by atomic mass is 10.0. The second kappa shape index (κ2) is 8.05. The minimum atomic E-state index is -0.466. The first kappa shape index (κ1) is 18.0. The maximum Gasteiger partial charge on any atom is 0.407 e. The van der Waals surface area contributed by atoms with Crippen molar-refractivity contribution in [1.29, 1.82) is 0 Å². The van der Waals surface area contributed by atoms with Crippen LogP contribution in [0.15, 0.2) is 48.5 Å². The Morgan fingerprint density at radius 2 is 1.88 bits per heavy atom. The van der Waals surface area contributed by atoms with E-state index in [0.717, 1.165) is 34.0 Å². The van der Waals surface area contributed by atoms with E-state index >= 15 is 0 Å². The number of hydrogen-bond acceptors (Lipinski definition) is 5. The van der Waals surface area contributed by atoms with Gasteiger partial charge in [0.05, 0.1) is 5.25 Å². The number of imide groups is 1. The number of carbonyl (C=O) groups excluding carboxylic acids is 3. The Balaban J connectivity index is 1.67. The fourth-order valence-corrected chi connectivity index (χ4v) is 3.50. The summed E-state index contributed by atoms with van der Waals surface area (Å²) in [6.07, 6.45) is 0.0507. The minimum Gasteiger partial charge on any atom is -0.445 e. The highest BCUT2D eigenvalue weighted by atomic mass is 32.2. The topological polar surface area (TPSA) is 84.5 Å². The van der Waals surface area contributed by atoms with E-state index in [2.05, 4.69) is 10.6 Å². The monoisotopic (exact) mass is 370 g/mol. The van der Waals surface area contributed by atoms with Crippen molar-refractivity contribution in [3.8, 4) is 11.1 Å². The van der Waals surface area contributed by atoms with Gasteiger partial charge >= 0.3 is 6.09 Å². The number of nitrogens with one attached hydrogen (secondary N) is 2. The number of thioether (sulfide) groups is 1. The number of carbonyl (C=O) groups is 3. The van der Waals surface area contributed by atoms with Gasteiger partial charge in [-0.2, -0.15) is 0 Å². The summed E-state index contributed by atoms with van der Waals surface area (Å²) < 4.78 is 5.06. The molecule has 0 spiro atoms. The third kappa shape index (κ3) is 4.43. The zero-order valence-electron chi connectivity index (χ0n) is 14.2. The molecule has 2 aromatic carbocycles. The van der Waals surface area contributed by atoms with Crippen molar-refractivity contribution in [2.45, 2.75) is 18.3 Å². The predicted octanol–water partition coefficient (Wildman–Crippen LogP) is 3.10. The van der Waals surface area contributed by atoms with E-state index in [1.165, 1.54) is 7.05 Å². The summed E-state index contributed by atoms with van der Waals surface area (Å²) in [5, 5.41) is 4.06. The molecule has 3 rings (SSSR count). The van der Waals surface area contributed by atoms with Crippen LogP contribution < -0.4 is 10.6 Å². The first-order valence-electron chi connectivity index (χ1n) is 8.09. The molecule has 0 bridgehead atoms. The smallest absolute Gasteiger partial charge is 0.407 e. The highest BCUT2D eigenvalue weighted by Crippen LogP contribution is 2.25. The van der Waals surface area contributed by atoms with Gasteiger partial charge in [0.15, 0.2) is 0 Å². The van der Waals surface area contributed by atoms with Crippen LogP contribution in [0.5, 0.6) is 0 Å². The molecule has 1 aliphatic heterocycles. The fourth-order valence-electron chi connectivity index (χ4n) is 2.64. The third-order valence-corrected chi connectivity index (χ3v) is 4.96. The summed E-state index contributed by atoms with van der Waals surface area (Å²) in [6.45, 7) is 0.202. The Hall–Kier alpha value is -2.80. The van der Waals surface area contributed by atoms with Crippen molar-refractivity contribution >= 4 is 29.0 Å². The Kier molecular flexibility index (Phi) is 5.58. The van der Waals surface area contributed by atoms with Crippen molar-refractivity contribution in [1.82, 2.24) is 10.6 Å². The summed E-state index contributed by atoms with van der Waals surface area (Å²) in [4.78, 5) is 34.1. The minimum absolute atomic E-state index is 0.202. The number of hydrogen-bond donors (Lipinski definition) is 2. The van der Waals surface area contributed by atoms with Crippen molar-refractivity contribution in [3.05, 3.63) is 59.7 Å². The van der Waals surface area contributed by atoms with Crippen LogP contribution in [0, 0.1) is 0 Å². The standard InChI is InChI=1S/C19H18N2O4S/c1-20-18(23)25-11-13-3-2-4-15(9-13)14-7-5-12(6-8-14)10-16-17(22)21-19(24)26-16/h2-9,16H,10-11H2,1H3,(H,20,23)(H,21,22,24). The van der Waals surface area contributed by atoms with Crippen LogP contribution >= 0.6 is 11.8 Å². The largest absolute Gasteiger partial charge is 0.445 e. The lowest BCUT2D eigenvalue weighted by molar-refractivity contribution is -0.118. The molecular formula is C19H18N2O4S. The molecule has 1 unspecified atom stereocenters. The Morgan fingerprint density at radius 1 is 1.12 bits per heavy atom. The molecule has 0 saturated carbocycles. The predicted molar refractivity (Wildman–Crippen MR) is 99.7 cm³/mol. The van der Waals surface area contributed by atoms with Gasteiger partial charge in [0.2, 0.25) is 5.91 Å². The first-order valence-corrected chi connectivity index (χ1v) is 8.97. The molecule has 1 heterocycles. The molecule has 2 N–H and O–H groups in total. The molecule has 1 fully saturated rings. The zero-order chi connectivity index (χ0) is 18.5. The summed E-state index contributed by atoms with van der Waals surface area (Å²) in [5.74, 6) is -0.229. The van der Waals surface area contributed by atoms with E-state index in [1.807, 2.05) is 48.5 Å². The molecule has 26 heavy (non-hydrogen) atoms. The van der Waals surface area contributed by atoms with Gasteiger partial charge in [-0.3, -0.25) is 14.9 Å². The number of ether oxygens (including phenoxy) is 1. The van der Waals surface area contributed by atoms with Crippen LogP contribution in [-0.4, -0.2) is 29.5 Å². The Bertz CT molecular complexity index is 836. The second-order valence-electron chi connectivity index (χ2n) is 5.81. The van der Waals surface area contributed by atoms with Crippen LogP contribution in [-0.2, 0) is 22.6 Å². The van der Waals surface area contributed by atoms with Gasteiger partial charge in [-0.15, -0.1) is 0 Å². The highest BCUT2D eigenvalue weighted by molar-refractivity contribution is 8.15. The molecule has 1 saturated heterocycles. The molecule has 2 aromatic rings. The van der Waals surface area contributed by atoms with Crippen LogP contribution in [0.25, 0.3) is 11.1 Å². The lowest BCUT2D eigenvalue weighted by Crippen LogP contribution is -2.25. The summed E-state index contributed by atoms with van der Waals surface area (Å²) in [7, 11) is 1.52. The molecule has 3 amide bonds. The average Bonchev–Trinajstić information content (AvgIpc) is 2.97. The Labute approximate surface area is 155 Å². The number of rotatable bonds is 5. The SMILES string of the molecule is CNC(=O)OCc1cccc(-c2ccc(CC3SC(=O)NC3=O)cc2)c1. The number of amides is 3. The third-order valence-electron chi connectivity index (χ3n) is 3.98. The van der Waals surface area contributed by atoms with Crippen LogP contribution in [0.3, 0.4) is 0 Å². The molecule has 1 aliphatic rings. The maximum atomic E-state index is 11.7. The average molecular weight is 370 g/mol. The van der Waals surface area contributed by atoms with Gasteiger partial charge in [0.1, 0.15) is 6.61 Å². The molecule has 1 atom stereocenters. The van der Waals surface area contributed by atoms with Crippen LogP contribution in [0.4, 0.5) is 9.59 Å². The van der Waals surface area contributed by atoms with Gasteiger partial charge in [-0.1, -0.05) is 54.2 Å². The van der Waals surface area contributed by atoms with E-state index in [4.69, 9.17) is 4.74 Å². The number of alkyl carbamates (subject to hydrolysis) is 1. The van der Waals surface area contributed by atoms with Gasteiger partial charge < -0.3 is 10.1 Å². The van der Waals surface area contributed by atoms with Gasteiger partial charge in [0, 0.05) is 7.05 Å². The quantitative estimate of drug-likeness (QED) is 0.845. The lowest BCUT2D eigenvalue weighted by Gasteiger charge is -2.09. The molecule has 0 aromatic heterocycles. The normalized spacial score (nSPS) is 16.3. The van der Waals surface area contributed by atoms with E-state index in [-0.39, 0.29) is 23.0 Å². The fraction of sp³-hybridized carbons (Fsp3) is 0.211. The van der Waals surface area contributed by atoms with E-state index < -0.39 is 6.09 Å². The molecule has 0 radical (unpaired) electrons. The first-order chi connectivity index (χ1) is 12.5. The van der Waals surface area contributed by atoms with Crippen molar-refractivity contribution in [2.24, 2.45) is 0 Å². The summed E-state index contributed by atoms with van der Waals surface area (Å²) in [5.41, 5.74) is 3.93. The van der Waals surface area contributed by atoms with Crippen LogP contribution in [0.2, 0.25) is 0 Å². The van der Waals surface area contributed by atoms with E-state index in [1.54, 1.807) is 0 Å². The molecule has 0 aliphatic carbocycles. The molecule has 7 heteroatoms. The van der Waals surface area contributed by atoms with E-state index in [9.17, 15) is 14.4 Å². The number of benzene rings is 2. The van der Waals surface area contributed by atoms with Gasteiger partial charge in [-0.25, -0.2) is 4.79 Å². The summed E-state index contributed by atoms with van der Waals surface area (Å²) in [6, 6.07) is 15.6. The summed E-state index contributed by atoms with van der Waals surface area (Å²) >= 11 is 1.03. The second-order valence-corrected chi connectivity index (χ2v) is 6.99. The Morgan fingerprint density at radius 3 is 2.54 bits per heavy atom. The molecule has 134 valence electrons. The van der Waals surface area contributed by atoms with Crippen molar-refractivity contribution < 1.29 is 19.1 Å². The maximum absolute atomic E-state index is 11.7. The van der Waals surface area contributed by atoms with Crippen molar-refractivity contribution in [3.63, 3.8) is 0 Å².